The number of hydrogen-bond donors (Lipinski definition) is 1. The summed E-state index contributed by atoms with van der Waals surface area (Å²) in [6.07, 6.45) is 4.15. The van der Waals surface area contributed by atoms with Crippen molar-refractivity contribution < 1.29 is 19.1 Å². The van der Waals surface area contributed by atoms with Crippen molar-refractivity contribution in [2.24, 2.45) is 11.3 Å². The van der Waals surface area contributed by atoms with Gasteiger partial charge in [0.25, 0.3) is 0 Å². The van der Waals surface area contributed by atoms with Crippen molar-refractivity contribution in [1.82, 2.24) is 0 Å². The van der Waals surface area contributed by atoms with E-state index in [0.717, 1.165) is 32.1 Å². The summed E-state index contributed by atoms with van der Waals surface area (Å²) in [4.78, 5) is 36.7. The van der Waals surface area contributed by atoms with Gasteiger partial charge in [-0.1, -0.05) is 40.0 Å². The van der Waals surface area contributed by atoms with E-state index < -0.39 is 11.5 Å². The monoisotopic (exact) mass is 359 g/mol. The average molecular weight is 359 g/mol. The van der Waals surface area contributed by atoms with Crippen LogP contribution in [0.15, 0.2) is 24.3 Å². The van der Waals surface area contributed by atoms with Gasteiger partial charge in [0.2, 0.25) is 11.7 Å². The number of carbonyl (C=O) groups is 3. The van der Waals surface area contributed by atoms with Gasteiger partial charge < -0.3 is 10.1 Å². The molecule has 142 valence electrons. The number of esters is 1. The highest BCUT2D eigenvalue weighted by molar-refractivity contribution is 6.01. The van der Waals surface area contributed by atoms with Gasteiger partial charge in [0.05, 0.1) is 5.92 Å². The first-order valence-corrected chi connectivity index (χ1v) is 9.34. The summed E-state index contributed by atoms with van der Waals surface area (Å²) in [6.45, 7) is 7.12. The SMILES string of the molecule is C[C@@H](OC(=O)C1CCCCC1)C(=O)c1ccc(NC(=O)C(C)(C)C)cc1. The summed E-state index contributed by atoms with van der Waals surface area (Å²) in [5.41, 5.74) is 0.604. The number of rotatable bonds is 5. The van der Waals surface area contributed by atoms with Gasteiger partial charge in [-0.05, 0) is 44.0 Å². The fourth-order valence-corrected chi connectivity index (χ4v) is 2.93. The van der Waals surface area contributed by atoms with E-state index in [0.29, 0.717) is 11.3 Å². The number of benzene rings is 1. The standard InChI is InChI=1S/C21H29NO4/c1-14(26-19(24)16-8-6-5-7-9-16)18(23)15-10-12-17(13-11-15)22-20(25)21(2,3)4/h10-14,16H,5-9H2,1-4H3,(H,22,25)/t14-/m1/s1. The molecule has 1 aromatic rings. The Kier molecular flexibility index (Phi) is 6.57. The van der Waals surface area contributed by atoms with Crippen LogP contribution in [0.2, 0.25) is 0 Å². The van der Waals surface area contributed by atoms with Gasteiger partial charge in [0, 0.05) is 16.7 Å². The molecule has 0 saturated heterocycles. The third kappa shape index (κ3) is 5.41. The molecule has 1 aliphatic carbocycles. The molecule has 0 radical (unpaired) electrons. The lowest BCUT2D eigenvalue weighted by Gasteiger charge is -2.22. The van der Waals surface area contributed by atoms with Crippen LogP contribution in [-0.4, -0.2) is 23.8 Å². The maximum absolute atomic E-state index is 12.5. The molecule has 1 amide bonds. The highest BCUT2D eigenvalue weighted by Gasteiger charge is 2.27. The summed E-state index contributed by atoms with van der Waals surface area (Å²) >= 11 is 0. The second-order valence-corrected chi connectivity index (χ2v) is 8.06. The Hall–Kier alpha value is -2.17. The molecular formula is C21H29NO4. The Bertz CT molecular complexity index is 652. The smallest absolute Gasteiger partial charge is 0.309 e. The van der Waals surface area contributed by atoms with Crippen LogP contribution in [0.5, 0.6) is 0 Å². The van der Waals surface area contributed by atoms with Crippen molar-refractivity contribution in [1.29, 1.82) is 0 Å². The predicted molar refractivity (Wildman–Crippen MR) is 101 cm³/mol. The first-order chi connectivity index (χ1) is 12.2. The number of ether oxygens (including phenoxy) is 1. The van der Waals surface area contributed by atoms with Crippen LogP contribution in [0.1, 0.15) is 70.2 Å². The summed E-state index contributed by atoms with van der Waals surface area (Å²) in [6, 6.07) is 6.66. The Morgan fingerprint density at radius 2 is 1.62 bits per heavy atom. The summed E-state index contributed by atoms with van der Waals surface area (Å²) in [7, 11) is 0. The van der Waals surface area contributed by atoms with Crippen LogP contribution in [0.3, 0.4) is 0 Å². The molecule has 0 heterocycles. The molecule has 0 bridgehead atoms. The number of ketones is 1. The molecule has 5 nitrogen and oxygen atoms in total. The van der Waals surface area contributed by atoms with Gasteiger partial charge in [-0.2, -0.15) is 0 Å². The normalized spacial score (nSPS) is 16.6. The molecule has 0 aromatic heterocycles. The Balaban J connectivity index is 1.94. The molecule has 1 fully saturated rings. The quantitative estimate of drug-likeness (QED) is 0.626. The first-order valence-electron chi connectivity index (χ1n) is 9.34. The largest absolute Gasteiger partial charge is 0.454 e. The molecule has 5 heteroatoms. The summed E-state index contributed by atoms with van der Waals surface area (Å²) < 4.78 is 5.39. The van der Waals surface area contributed by atoms with E-state index in [2.05, 4.69) is 5.32 Å². The van der Waals surface area contributed by atoms with E-state index >= 15 is 0 Å². The van der Waals surface area contributed by atoms with Crippen LogP contribution >= 0.6 is 0 Å². The van der Waals surface area contributed by atoms with Gasteiger partial charge in [-0.15, -0.1) is 0 Å². The molecule has 0 aliphatic heterocycles. The van der Waals surface area contributed by atoms with Crippen molar-refractivity contribution in [2.45, 2.75) is 65.9 Å². The Morgan fingerprint density at radius 3 is 2.15 bits per heavy atom. The molecule has 1 saturated carbocycles. The second kappa shape index (κ2) is 8.47. The van der Waals surface area contributed by atoms with E-state index in [9.17, 15) is 14.4 Å². The highest BCUT2D eigenvalue weighted by atomic mass is 16.5. The lowest BCUT2D eigenvalue weighted by atomic mass is 9.89. The van der Waals surface area contributed by atoms with Crippen LogP contribution in [0.4, 0.5) is 5.69 Å². The number of hydrogen-bond acceptors (Lipinski definition) is 4. The number of nitrogens with one attached hydrogen (secondary N) is 1. The molecule has 1 atom stereocenters. The van der Waals surface area contributed by atoms with Crippen LogP contribution < -0.4 is 5.32 Å². The number of Topliss-reactive ketones (excluding diaryl/α,β-unsaturated/α-hetero) is 1. The first kappa shape index (κ1) is 20.1. The topological polar surface area (TPSA) is 72.5 Å². The molecule has 0 spiro atoms. The Labute approximate surface area is 155 Å². The van der Waals surface area contributed by atoms with Crippen molar-refractivity contribution in [3.63, 3.8) is 0 Å². The van der Waals surface area contributed by atoms with E-state index in [-0.39, 0.29) is 23.6 Å². The van der Waals surface area contributed by atoms with Gasteiger partial charge in [0.1, 0.15) is 0 Å². The van der Waals surface area contributed by atoms with Crippen molar-refractivity contribution in [3.8, 4) is 0 Å². The van der Waals surface area contributed by atoms with Gasteiger partial charge in [-0.3, -0.25) is 14.4 Å². The fraction of sp³-hybridized carbons (Fsp3) is 0.571. The molecular weight excluding hydrogens is 330 g/mol. The zero-order chi connectivity index (χ0) is 19.3. The van der Waals surface area contributed by atoms with Crippen molar-refractivity contribution >= 4 is 23.3 Å². The minimum Gasteiger partial charge on any atom is -0.454 e. The Morgan fingerprint density at radius 1 is 1.04 bits per heavy atom. The lowest BCUT2D eigenvalue weighted by molar-refractivity contribution is -0.152. The predicted octanol–water partition coefficient (Wildman–Crippen LogP) is 4.37. The van der Waals surface area contributed by atoms with Crippen LogP contribution in [0, 0.1) is 11.3 Å². The molecule has 1 N–H and O–H groups in total. The summed E-state index contributed by atoms with van der Waals surface area (Å²) in [5, 5.41) is 2.82. The minimum absolute atomic E-state index is 0.0750. The third-order valence-electron chi connectivity index (χ3n) is 4.71. The zero-order valence-electron chi connectivity index (χ0n) is 16.1. The van der Waals surface area contributed by atoms with Gasteiger partial charge in [0.15, 0.2) is 6.10 Å². The maximum atomic E-state index is 12.5. The van der Waals surface area contributed by atoms with Gasteiger partial charge >= 0.3 is 5.97 Å². The number of anilines is 1. The van der Waals surface area contributed by atoms with Crippen molar-refractivity contribution in [2.75, 3.05) is 5.32 Å². The van der Waals surface area contributed by atoms with Crippen LogP contribution in [-0.2, 0) is 14.3 Å². The fourth-order valence-electron chi connectivity index (χ4n) is 2.93. The minimum atomic E-state index is -0.806. The lowest BCUT2D eigenvalue weighted by Crippen LogP contribution is -2.29. The molecule has 26 heavy (non-hydrogen) atoms. The van der Waals surface area contributed by atoms with E-state index in [1.165, 1.54) is 0 Å². The number of carbonyl (C=O) groups excluding carboxylic acids is 3. The second-order valence-electron chi connectivity index (χ2n) is 8.06. The molecule has 1 aromatic carbocycles. The zero-order valence-corrected chi connectivity index (χ0v) is 16.1. The molecule has 1 aliphatic rings. The van der Waals surface area contributed by atoms with Gasteiger partial charge in [-0.25, -0.2) is 0 Å². The average Bonchev–Trinajstić information content (AvgIpc) is 2.61. The highest BCUT2D eigenvalue weighted by Crippen LogP contribution is 2.25. The summed E-state index contributed by atoms with van der Waals surface area (Å²) in [5.74, 6) is -0.664. The van der Waals surface area contributed by atoms with Crippen LogP contribution in [0.25, 0.3) is 0 Å². The van der Waals surface area contributed by atoms with Crippen molar-refractivity contribution in [3.05, 3.63) is 29.8 Å². The van der Waals surface area contributed by atoms with E-state index in [4.69, 9.17) is 4.74 Å². The van der Waals surface area contributed by atoms with E-state index in [1.807, 2.05) is 20.8 Å². The van der Waals surface area contributed by atoms with E-state index in [1.54, 1.807) is 31.2 Å². The maximum Gasteiger partial charge on any atom is 0.309 e. The number of amides is 1. The third-order valence-corrected chi connectivity index (χ3v) is 4.71. The molecule has 2 rings (SSSR count). The molecule has 0 unspecified atom stereocenters.